The third-order valence-electron chi connectivity index (χ3n) is 4.35. The molecule has 0 saturated heterocycles. The lowest BCUT2D eigenvalue weighted by atomic mass is 9.98. The molecule has 1 aliphatic rings. The van der Waals surface area contributed by atoms with Crippen LogP contribution in [0.2, 0.25) is 0 Å². The number of amides is 1. The largest absolute Gasteiger partial charge is 0.352 e. The van der Waals surface area contributed by atoms with Crippen LogP contribution in [0.3, 0.4) is 0 Å². The van der Waals surface area contributed by atoms with Crippen LogP contribution in [0.25, 0.3) is 0 Å². The normalized spacial score (nSPS) is 22.2. The fourth-order valence-corrected chi connectivity index (χ4v) is 3.41. The molecule has 2 atom stereocenters. The van der Waals surface area contributed by atoms with Crippen molar-refractivity contribution in [1.29, 1.82) is 0 Å². The summed E-state index contributed by atoms with van der Waals surface area (Å²) in [6, 6.07) is 4.37. The van der Waals surface area contributed by atoms with Crippen LogP contribution in [0.5, 0.6) is 0 Å². The van der Waals surface area contributed by atoms with Crippen LogP contribution in [-0.2, 0) is 10.0 Å². The van der Waals surface area contributed by atoms with Crippen LogP contribution in [0.15, 0.2) is 23.1 Å². The molecule has 1 aromatic carbocycles. The second-order valence-electron chi connectivity index (χ2n) is 5.90. The first-order chi connectivity index (χ1) is 9.79. The lowest BCUT2D eigenvalue weighted by Crippen LogP contribution is -2.31. The molecule has 3 N–H and O–H groups in total. The van der Waals surface area contributed by atoms with Crippen LogP contribution in [0.4, 0.5) is 0 Å². The molecule has 116 valence electrons. The number of nitrogens with two attached hydrogens (primary N) is 1. The van der Waals surface area contributed by atoms with Gasteiger partial charge in [0.15, 0.2) is 0 Å². The van der Waals surface area contributed by atoms with Gasteiger partial charge >= 0.3 is 0 Å². The van der Waals surface area contributed by atoms with Gasteiger partial charge in [-0.1, -0.05) is 25.8 Å². The summed E-state index contributed by atoms with van der Waals surface area (Å²) in [6.45, 7) is 4.62. The maximum absolute atomic E-state index is 12.3. The van der Waals surface area contributed by atoms with E-state index in [0.29, 0.717) is 23.9 Å². The SMILES string of the molecule is Cc1ccc(S(N)(=O)=O)cc1C(=O)NCC1CCCC1C. The number of nitrogens with one attached hydrogen (secondary N) is 1. The number of aryl methyl sites for hydroxylation is 1. The molecule has 2 rings (SSSR count). The Hall–Kier alpha value is -1.40. The zero-order valence-electron chi connectivity index (χ0n) is 12.4. The third kappa shape index (κ3) is 3.83. The van der Waals surface area contributed by atoms with Crippen molar-refractivity contribution in [3.8, 4) is 0 Å². The maximum Gasteiger partial charge on any atom is 0.251 e. The van der Waals surface area contributed by atoms with Gasteiger partial charge in [-0.2, -0.15) is 0 Å². The van der Waals surface area contributed by atoms with E-state index in [2.05, 4.69) is 12.2 Å². The topological polar surface area (TPSA) is 89.3 Å². The van der Waals surface area contributed by atoms with E-state index in [1.807, 2.05) is 0 Å². The van der Waals surface area contributed by atoms with Gasteiger partial charge in [-0.05, 0) is 42.9 Å². The van der Waals surface area contributed by atoms with Crippen LogP contribution < -0.4 is 10.5 Å². The van der Waals surface area contributed by atoms with Crippen molar-refractivity contribution < 1.29 is 13.2 Å². The molecule has 1 aliphatic carbocycles. The standard InChI is InChI=1S/C15H22N2O3S/c1-10-4-3-5-12(10)9-17-15(18)14-8-13(21(16,19)20)7-6-11(14)2/h6-8,10,12H,3-5,9H2,1-2H3,(H,17,18)(H2,16,19,20). The summed E-state index contributed by atoms with van der Waals surface area (Å²) in [5, 5.41) is 8.02. The monoisotopic (exact) mass is 310 g/mol. The quantitative estimate of drug-likeness (QED) is 0.888. The molecule has 0 heterocycles. The average molecular weight is 310 g/mol. The summed E-state index contributed by atoms with van der Waals surface area (Å²) in [4.78, 5) is 12.2. The number of rotatable bonds is 4. The highest BCUT2D eigenvalue weighted by molar-refractivity contribution is 7.89. The molecule has 2 unspecified atom stereocenters. The van der Waals surface area contributed by atoms with Gasteiger partial charge < -0.3 is 5.32 Å². The van der Waals surface area contributed by atoms with Crippen LogP contribution in [0, 0.1) is 18.8 Å². The van der Waals surface area contributed by atoms with Crippen molar-refractivity contribution in [2.75, 3.05) is 6.54 Å². The molecule has 1 saturated carbocycles. The lowest BCUT2D eigenvalue weighted by Gasteiger charge is -2.16. The molecule has 21 heavy (non-hydrogen) atoms. The Kier molecular flexibility index (Phi) is 4.68. The first kappa shape index (κ1) is 16.0. The van der Waals surface area contributed by atoms with E-state index < -0.39 is 10.0 Å². The van der Waals surface area contributed by atoms with E-state index in [1.54, 1.807) is 13.0 Å². The number of carbonyl (C=O) groups excluding carboxylic acids is 1. The predicted octanol–water partition coefficient (Wildman–Crippen LogP) is 1.81. The highest BCUT2D eigenvalue weighted by Gasteiger charge is 2.24. The average Bonchev–Trinajstić information content (AvgIpc) is 2.80. The molecule has 1 aromatic rings. The Morgan fingerprint density at radius 2 is 2.10 bits per heavy atom. The molecule has 1 amide bonds. The molecule has 5 nitrogen and oxygen atoms in total. The van der Waals surface area contributed by atoms with Crippen molar-refractivity contribution in [2.45, 2.75) is 38.0 Å². The van der Waals surface area contributed by atoms with E-state index in [4.69, 9.17) is 5.14 Å². The van der Waals surface area contributed by atoms with E-state index in [0.717, 1.165) is 12.0 Å². The van der Waals surface area contributed by atoms with Gasteiger partial charge in [0.2, 0.25) is 10.0 Å². The first-order valence-corrected chi connectivity index (χ1v) is 8.75. The predicted molar refractivity (Wildman–Crippen MR) is 81.4 cm³/mol. The Morgan fingerprint density at radius 3 is 2.67 bits per heavy atom. The van der Waals surface area contributed by atoms with Crippen molar-refractivity contribution >= 4 is 15.9 Å². The van der Waals surface area contributed by atoms with Gasteiger partial charge in [-0.3, -0.25) is 4.79 Å². The smallest absolute Gasteiger partial charge is 0.251 e. The minimum Gasteiger partial charge on any atom is -0.352 e. The van der Waals surface area contributed by atoms with Crippen molar-refractivity contribution in [2.24, 2.45) is 17.0 Å². The Balaban J connectivity index is 2.11. The summed E-state index contributed by atoms with van der Waals surface area (Å²) < 4.78 is 22.8. The highest BCUT2D eigenvalue weighted by Crippen LogP contribution is 2.30. The molecular weight excluding hydrogens is 288 g/mol. The van der Waals surface area contributed by atoms with Gasteiger partial charge in [-0.15, -0.1) is 0 Å². The van der Waals surface area contributed by atoms with E-state index in [-0.39, 0.29) is 10.8 Å². The summed E-state index contributed by atoms with van der Waals surface area (Å²) in [5.74, 6) is 0.898. The summed E-state index contributed by atoms with van der Waals surface area (Å²) in [5.41, 5.74) is 1.10. The zero-order valence-corrected chi connectivity index (χ0v) is 13.2. The van der Waals surface area contributed by atoms with Crippen molar-refractivity contribution in [3.05, 3.63) is 29.3 Å². The maximum atomic E-state index is 12.3. The molecule has 1 fully saturated rings. The molecule has 0 aliphatic heterocycles. The van der Waals surface area contributed by atoms with E-state index >= 15 is 0 Å². The van der Waals surface area contributed by atoms with Crippen molar-refractivity contribution in [1.82, 2.24) is 5.32 Å². The van der Waals surface area contributed by atoms with Gasteiger partial charge in [0, 0.05) is 12.1 Å². The molecule has 0 radical (unpaired) electrons. The van der Waals surface area contributed by atoms with Gasteiger partial charge in [0.25, 0.3) is 5.91 Å². The minimum atomic E-state index is -3.79. The van der Waals surface area contributed by atoms with Gasteiger partial charge in [0.05, 0.1) is 4.90 Å². The van der Waals surface area contributed by atoms with Crippen LogP contribution >= 0.6 is 0 Å². The second kappa shape index (κ2) is 6.15. The Labute approximate surface area is 126 Å². The van der Waals surface area contributed by atoms with Gasteiger partial charge in [-0.25, -0.2) is 13.6 Å². The fraction of sp³-hybridized carbons (Fsp3) is 0.533. The number of hydrogen-bond donors (Lipinski definition) is 2. The molecule has 0 aromatic heterocycles. The molecule has 0 bridgehead atoms. The van der Waals surface area contributed by atoms with E-state index in [1.165, 1.54) is 25.0 Å². The van der Waals surface area contributed by atoms with Gasteiger partial charge in [0.1, 0.15) is 0 Å². The molecule has 0 spiro atoms. The fourth-order valence-electron chi connectivity index (χ4n) is 2.87. The molecule has 6 heteroatoms. The van der Waals surface area contributed by atoms with Crippen LogP contribution in [-0.4, -0.2) is 20.9 Å². The zero-order chi connectivity index (χ0) is 15.6. The number of benzene rings is 1. The number of carbonyl (C=O) groups is 1. The van der Waals surface area contributed by atoms with E-state index in [9.17, 15) is 13.2 Å². The lowest BCUT2D eigenvalue weighted by molar-refractivity contribution is 0.0944. The Morgan fingerprint density at radius 1 is 1.38 bits per heavy atom. The number of hydrogen-bond acceptors (Lipinski definition) is 3. The third-order valence-corrected chi connectivity index (χ3v) is 5.26. The van der Waals surface area contributed by atoms with Crippen LogP contribution in [0.1, 0.15) is 42.1 Å². The summed E-state index contributed by atoms with van der Waals surface area (Å²) >= 11 is 0. The number of primary sulfonamides is 1. The number of sulfonamides is 1. The Bertz CT molecular complexity index is 640. The second-order valence-corrected chi connectivity index (χ2v) is 7.46. The first-order valence-electron chi connectivity index (χ1n) is 7.20. The summed E-state index contributed by atoms with van der Waals surface area (Å²) in [6.07, 6.45) is 3.56. The van der Waals surface area contributed by atoms with Crippen molar-refractivity contribution in [3.63, 3.8) is 0 Å². The minimum absolute atomic E-state index is 0.0347. The summed E-state index contributed by atoms with van der Waals surface area (Å²) in [7, 11) is -3.79. The molecular formula is C15H22N2O3S. The highest BCUT2D eigenvalue weighted by atomic mass is 32.2.